The summed E-state index contributed by atoms with van der Waals surface area (Å²) in [5.74, 6) is 0.451. The molecule has 0 bridgehead atoms. The van der Waals surface area contributed by atoms with Crippen LogP contribution < -0.4 is 20.3 Å². The minimum atomic E-state index is -3.65. The summed E-state index contributed by atoms with van der Waals surface area (Å²) in [6.45, 7) is 5.68. The van der Waals surface area contributed by atoms with E-state index in [0.29, 0.717) is 42.2 Å². The molecule has 48 heavy (non-hydrogen) atoms. The van der Waals surface area contributed by atoms with Crippen LogP contribution in [-0.2, 0) is 35.8 Å². The number of nitrogens with zero attached hydrogens (tertiary/aromatic N) is 6. The molecule has 1 amide bonds. The minimum Gasteiger partial charge on any atom is -0.389 e. The van der Waals surface area contributed by atoms with Gasteiger partial charge in [-0.1, -0.05) is 0 Å². The zero-order valence-corrected chi connectivity index (χ0v) is 29.3. The van der Waals surface area contributed by atoms with E-state index in [1.165, 1.54) is 16.9 Å². The molecule has 4 aromatic heterocycles. The number of hydrogen-bond acceptors (Lipinski definition) is 12. The predicted octanol–water partition coefficient (Wildman–Crippen LogP) is 3.63. The number of aliphatic hydroxyl groups is 1. The fraction of sp³-hybridized carbons (Fsp3) is 0.485. The van der Waals surface area contributed by atoms with Crippen molar-refractivity contribution in [2.24, 2.45) is 5.73 Å². The summed E-state index contributed by atoms with van der Waals surface area (Å²) in [4.78, 5) is 38.9. The summed E-state index contributed by atoms with van der Waals surface area (Å²) in [6, 6.07) is 7.85. The number of carbonyl (C=O) groups is 1. The normalized spacial score (nSPS) is 23.1. The highest BCUT2D eigenvalue weighted by Crippen LogP contribution is 2.42. The molecule has 2 aliphatic heterocycles. The van der Waals surface area contributed by atoms with Crippen LogP contribution in [-0.4, -0.2) is 76.4 Å². The third-order valence-corrected chi connectivity index (χ3v) is 13.8. The SMILES string of the molecule is C[C@H]1CCN1c1nc(-c2ccc(C(N)=O)s2)c2c(n1)C(CS(=O)(=O)NCc1ccc(-c3nc(N4C[C@@H](O)[C@@H]4C)nc4c3CCC4)s1)CC2. The molecule has 0 spiro atoms. The molecule has 12 nitrogen and oxygen atoms in total. The third kappa shape index (κ3) is 5.68. The molecule has 4 aliphatic rings. The fourth-order valence-corrected chi connectivity index (χ4v) is 10.4. The molecule has 2 fully saturated rings. The number of β-amino-alcohol motifs (C(OH)–C–C–N with tert-alkyl or cyclic N) is 1. The molecule has 0 saturated carbocycles. The second kappa shape index (κ2) is 12.1. The van der Waals surface area contributed by atoms with Crippen molar-refractivity contribution in [3.8, 4) is 21.1 Å². The van der Waals surface area contributed by atoms with Crippen molar-refractivity contribution in [3.63, 3.8) is 0 Å². The smallest absolute Gasteiger partial charge is 0.258 e. The third-order valence-electron chi connectivity index (χ3n) is 10.2. The summed E-state index contributed by atoms with van der Waals surface area (Å²) < 4.78 is 29.9. The van der Waals surface area contributed by atoms with Crippen molar-refractivity contribution < 1.29 is 18.3 Å². The first kappa shape index (κ1) is 31.7. The van der Waals surface area contributed by atoms with E-state index in [1.807, 2.05) is 30.0 Å². The number of aliphatic hydroxyl groups excluding tert-OH is 1. The Morgan fingerprint density at radius 2 is 1.71 bits per heavy atom. The van der Waals surface area contributed by atoms with Gasteiger partial charge in [-0.05, 0) is 76.6 Å². The van der Waals surface area contributed by atoms with Gasteiger partial charge in [-0.25, -0.2) is 33.1 Å². The summed E-state index contributed by atoms with van der Waals surface area (Å²) >= 11 is 2.85. The van der Waals surface area contributed by atoms with E-state index in [0.717, 1.165) is 75.2 Å². The summed E-state index contributed by atoms with van der Waals surface area (Å²) in [5.41, 5.74) is 11.2. The van der Waals surface area contributed by atoms with Gasteiger partial charge in [0.25, 0.3) is 5.91 Å². The van der Waals surface area contributed by atoms with E-state index in [9.17, 15) is 18.3 Å². The van der Waals surface area contributed by atoms with Crippen molar-refractivity contribution in [1.82, 2.24) is 24.7 Å². The van der Waals surface area contributed by atoms with Gasteiger partial charge in [-0.2, -0.15) is 0 Å². The van der Waals surface area contributed by atoms with Crippen LogP contribution in [0.5, 0.6) is 0 Å². The summed E-state index contributed by atoms with van der Waals surface area (Å²) in [7, 11) is -3.65. The Bertz CT molecular complexity index is 2030. The molecular weight excluding hydrogens is 669 g/mol. The molecule has 1 unspecified atom stereocenters. The first-order chi connectivity index (χ1) is 23.0. The maximum absolute atomic E-state index is 13.5. The van der Waals surface area contributed by atoms with Crippen LogP contribution in [0.3, 0.4) is 0 Å². The molecule has 252 valence electrons. The van der Waals surface area contributed by atoms with Crippen LogP contribution >= 0.6 is 22.7 Å². The number of nitrogens with one attached hydrogen (secondary N) is 1. The molecule has 4 aromatic rings. The topological polar surface area (TPSA) is 168 Å². The Kier molecular flexibility index (Phi) is 8.02. The number of anilines is 2. The maximum Gasteiger partial charge on any atom is 0.258 e. The van der Waals surface area contributed by atoms with Gasteiger partial charge in [0.15, 0.2) is 0 Å². The predicted molar refractivity (Wildman–Crippen MR) is 187 cm³/mol. The first-order valence-corrected chi connectivity index (χ1v) is 19.8. The maximum atomic E-state index is 13.5. The molecule has 4 atom stereocenters. The monoisotopic (exact) mass is 706 g/mol. The van der Waals surface area contributed by atoms with E-state index in [-0.39, 0.29) is 30.4 Å². The van der Waals surface area contributed by atoms with Gasteiger partial charge in [0, 0.05) is 53.3 Å². The molecule has 2 aliphatic carbocycles. The zero-order valence-electron chi connectivity index (χ0n) is 26.8. The lowest BCUT2D eigenvalue weighted by molar-refractivity contribution is 0.0978. The lowest BCUT2D eigenvalue weighted by atomic mass is 10.0. The summed E-state index contributed by atoms with van der Waals surface area (Å²) in [5, 5.41) is 10.1. The lowest BCUT2D eigenvalue weighted by Crippen LogP contribution is -2.59. The van der Waals surface area contributed by atoms with Crippen molar-refractivity contribution in [2.45, 2.75) is 83.0 Å². The molecular formula is C33H38N8O4S3. The highest BCUT2D eigenvalue weighted by molar-refractivity contribution is 7.89. The number of hydrogen-bond donors (Lipinski definition) is 3. The van der Waals surface area contributed by atoms with Gasteiger partial charge in [-0.3, -0.25) is 4.79 Å². The number of aromatic nitrogens is 4. The number of thiophene rings is 2. The quantitative estimate of drug-likeness (QED) is 0.222. The second-order valence-corrected chi connectivity index (χ2v) is 17.4. The standard InChI is InChI=1S/C33H38N8O4S3/c1-17-12-13-40(17)33-37-28-19(6-8-22(28)30(39-33)26-10-11-27(47-26)31(34)43)16-48(44,45)35-14-20-7-9-25(46-20)29-21-4-3-5-23(21)36-32(38-29)41-15-24(42)18(41)2/h7,9-11,17-19,24,35,42H,3-6,8,12-16H2,1-2H3,(H2,34,43)/t17-,18-,19?,24+/m0/s1. The Morgan fingerprint density at radius 3 is 2.40 bits per heavy atom. The number of fused-ring (bicyclic) bond motifs is 2. The van der Waals surface area contributed by atoms with Crippen LogP contribution in [0.1, 0.15) is 76.1 Å². The molecule has 2 saturated heterocycles. The Morgan fingerprint density at radius 1 is 0.958 bits per heavy atom. The highest BCUT2D eigenvalue weighted by Gasteiger charge is 2.38. The highest BCUT2D eigenvalue weighted by atomic mass is 32.2. The Labute approximate surface area is 287 Å². The van der Waals surface area contributed by atoms with Crippen LogP contribution in [0.4, 0.5) is 11.9 Å². The Balaban J connectivity index is 1.00. The average molecular weight is 707 g/mol. The van der Waals surface area contributed by atoms with E-state index < -0.39 is 15.9 Å². The number of amides is 1. The van der Waals surface area contributed by atoms with Gasteiger partial charge in [-0.15, -0.1) is 22.7 Å². The van der Waals surface area contributed by atoms with Gasteiger partial charge < -0.3 is 20.6 Å². The average Bonchev–Trinajstić information content (AvgIpc) is 3.88. The number of nitrogens with two attached hydrogens (primary N) is 1. The number of sulfonamides is 1. The van der Waals surface area contributed by atoms with Crippen LogP contribution in [0.15, 0.2) is 24.3 Å². The van der Waals surface area contributed by atoms with Gasteiger partial charge in [0.05, 0.1) is 49.6 Å². The van der Waals surface area contributed by atoms with E-state index >= 15 is 0 Å². The molecule has 0 aromatic carbocycles. The minimum absolute atomic E-state index is 0.0215. The molecule has 8 rings (SSSR count). The van der Waals surface area contributed by atoms with Gasteiger partial charge >= 0.3 is 0 Å². The van der Waals surface area contributed by atoms with Crippen LogP contribution in [0.25, 0.3) is 21.1 Å². The zero-order chi connectivity index (χ0) is 33.3. The second-order valence-electron chi connectivity index (χ2n) is 13.3. The number of carbonyl (C=O) groups excluding carboxylic acids is 1. The number of rotatable bonds is 10. The fourth-order valence-electron chi connectivity index (χ4n) is 7.14. The van der Waals surface area contributed by atoms with Crippen LogP contribution in [0.2, 0.25) is 0 Å². The molecule has 15 heteroatoms. The largest absolute Gasteiger partial charge is 0.389 e. The van der Waals surface area contributed by atoms with Crippen molar-refractivity contribution in [2.75, 3.05) is 28.6 Å². The first-order valence-electron chi connectivity index (χ1n) is 16.5. The van der Waals surface area contributed by atoms with E-state index in [2.05, 4.69) is 16.5 Å². The van der Waals surface area contributed by atoms with E-state index in [4.69, 9.17) is 25.7 Å². The van der Waals surface area contributed by atoms with Gasteiger partial charge in [0.1, 0.15) is 0 Å². The van der Waals surface area contributed by atoms with Crippen molar-refractivity contribution in [3.05, 3.63) is 56.5 Å². The Hall–Kier alpha value is -3.50. The molecule has 6 heterocycles. The number of primary amides is 1. The van der Waals surface area contributed by atoms with E-state index in [1.54, 1.807) is 17.4 Å². The molecule has 4 N–H and O–H groups in total. The lowest BCUT2D eigenvalue weighted by Gasteiger charge is -2.43. The van der Waals surface area contributed by atoms with Crippen molar-refractivity contribution >= 4 is 50.5 Å². The van der Waals surface area contributed by atoms with Gasteiger partial charge in [0.2, 0.25) is 21.9 Å². The van der Waals surface area contributed by atoms with Crippen LogP contribution in [0, 0.1) is 0 Å². The van der Waals surface area contributed by atoms with Crippen molar-refractivity contribution in [1.29, 1.82) is 0 Å². The molecule has 0 radical (unpaired) electrons. The number of aryl methyl sites for hydroxylation is 1. The summed E-state index contributed by atoms with van der Waals surface area (Å²) in [6.07, 6.45) is 4.87.